The Hall–Kier alpha value is -0.330. The van der Waals surface area contributed by atoms with Crippen molar-refractivity contribution >= 4 is 0 Å². The number of likely N-dealkylation sites (N-methyl/N-ethyl adjacent to an activating group) is 1. The van der Waals surface area contributed by atoms with Crippen LogP contribution in [0, 0.1) is 0 Å². The number of rotatable bonds is 3. The van der Waals surface area contributed by atoms with Crippen LogP contribution in [0.1, 0.15) is 25.7 Å². The molecule has 0 bridgehead atoms. The minimum absolute atomic E-state index is 0.0281. The second-order valence-corrected chi connectivity index (χ2v) is 4.46. The van der Waals surface area contributed by atoms with E-state index in [-0.39, 0.29) is 12.1 Å². The summed E-state index contributed by atoms with van der Waals surface area (Å²) in [6, 6.07) is 0.0281. The SMILES string of the molecule is CN(CC(O)C(F)(F)F)C1CCC(O)CC1. The van der Waals surface area contributed by atoms with E-state index in [1.54, 1.807) is 7.05 Å². The Morgan fingerprint density at radius 1 is 1.25 bits per heavy atom. The van der Waals surface area contributed by atoms with Crippen molar-refractivity contribution in [3.8, 4) is 0 Å². The van der Waals surface area contributed by atoms with Crippen molar-refractivity contribution in [1.82, 2.24) is 4.90 Å². The summed E-state index contributed by atoms with van der Waals surface area (Å²) >= 11 is 0. The van der Waals surface area contributed by atoms with Gasteiger partial charge in [-0.1, -0.05) is 0 Å². The van der Waals surface area contributed by atoms with Gasteiger partial charge in [-0.25, -0.2) is 0 Å². The van der Waals surface area contributed by atoms with Crippen LogP contribution in [-0.2, 0) is 0 Å². The smallest absolute Gasteiger partial charge is 0.393 e. The molecule has 3 nitrogen and oxygen atoms in total. The van der Waals surface area contributed by atoms with Gasteiger partial charge in [0.1, 0.15) is 0 Å². The van der Waals surface area contributed by atoms with E-state index in [9.17, 15) is 18.3 Å². The first kappa shape index (κ1) is 13.7. The molecular formula is C10H18F3NO2. The van der Waals surface area contributed by atoms with Crippen molar-refractivity contribution in [2.24, 2.45) is 0 Å². The molecule has 96 valence electrons. The van der Waals surface area contributed by atoms with E-state index in [2.05, 4.69) is 0 Å². The molecule has 0 amide bonds. The standard InChI is InChI=1S/C10H18F3NO2/c1-14(6-9(16)10(11,12)13)7-2-4-8(15)5-3-7/h7-9,15-16H,2-6H2,1H3. The molecule has 0 aromatic carbocycles. The van der Waals surface area contributed by atoms with E-state index in [1.807, 2.05) is 0 Å². The molecule has 0 heterocycles. The van der Waals surface area contributed by atoms with Gasteiger partial charge in [0.2, 0.25) is 0 Å². The number of aliphatic hydroxyl groups excluding tert-OH is 2. The summed E-state index contributed by atoms with van der Waals surface area (Å²) in [5.41, 5.74) is 0. The summed E-state index contributed by atoms with van der Waals surface area (Å²) < 4.78 is 36.4. The van der Waals surface area contributed by atoms with Crippen molar-refractivity contribution in [3.05, 3.63) is 0 Å². The fourth-order valence-electron chi connectivity index (χ4n) is 2.02. The topological polar surface area (TPSA) is 43.7 Å². The minimum atomic E-state index is -4.55. The zero-order valence-corrected chi connectivity index (χ0v) is 9.24. The molecule has 1 unspecified atom stereocenters. The number of hydrogen-bond donors (Lipinski definition) is 2. The highest BCUT2D eigenvalue weighted by atomic mass is 19.4. The van der Waals surface area contributed by atoms with Crippen LogP contribution >= 0.6 is 0 Å². The Morgan fingerprint density at radius 2 is 1.75 bits per heavy atom. The van der Waals surface area contributed by atoms with Crippen LogP contribution in [0.25, 0.3) is 0 Å². The maximum Gasteiger partial charge on any atom is 0.415 e. The predicted octanol–water partition coefficient (Wildman–Crippen LogP) is 1.14. The molecule has 0 aromatic rings. The monoisotopic (exact) mass is 241 g/mol. The summed E-state index contributed by atoms with van der Waals surface area (Å²) in [4.78, 5) is 1.53. The summed E-state index contributed by atoms with van der Waals surface area (Å²) in [5, 5.41) is 18.2. The number of nitrogens with zero attached hydrogens (tertiary/aromatic N) is 1. The van der Waals surface area contributed by atoms with Crippen molar-refractivity contribution in [1.29, 1.82) is 0 Å². The van der Waals surface area contributed by atoms with Crippen molar-refractivity contribution in [2.45, 2.75) is 50.1 Å². The van der Waals surface area contributed by atoms with E-state index < -0.39 is 18.8 Å². The third-order valence-corrected chi connectivity index (χ3v) is 3.13. The lowest BCUT2D eigenvalue weighted by molar-refractivity contribution is -0.209. The summed E-state index contributed by atoms with van der Waals surface area (Å²) in [7, 11) is 1.58. The third kappa shape index (κ3) is 3.92. The lowest BCUT2D eigenvalue weighted by atomic mass is 9.92. The molecule has 0 aliphatic heterocycles. The Balaban J connectivity index is 2.37. The Bertz CT molecular complexity index is 215. The number of halogens is 3. The van der Waals surface area contributed by atoms with E-state index in [0.717, 1.165) is 0 Å². The van der Waals surface area contributed by atoms with Gasteiger partial charge in [-0.05, 0) is 32.7 Å². The minimum Gasteiger partial charge on any atom is -0.393 e. The molecule has 6 heteroatoms. The Morgan fingerprint density at radius 3 is 2.19 bits per heavy atom. The van der Waals surface area contributed by atoms with E-state index in [1.165, 1.54) is 4.90 Å². The van der Waals surface area contributed by atoms with Gasteiger partial charge in [-0.3, -0.25) is 0 Å². The van der Waals surface area contributed by atoms with Gasteiger partial charge in [0.25, 0.3) is 0 Å². The van der Waals surface area contributed by atoms with Gasteiger partial charge in [0.05, 0.1) is 6.10 Å². The molecule has 0 radical (unpaired) electrons. The van der Waals surface area contributed by atoms with E-state index in [0.29, 0.717) is 25.7 Å². The van der Waals surface area contributed by atoms with Crippen LogP contribution in [0.3, 0.4) is 0 Å². The highest BCUT2D eigenvalue weighted by Gasteiger charge is 2.39. The summed E-state index contributed by atoms with van der Waals surface area (Å²) in [6.45, 7) is -0.399. The zero-order chi connectivity index (χ0) is 12.3. The van der Waals surface area contributed by atoms with Crippen LogP contribution in [0.15, 0.2) is 0 Å². The van der Waals surface area contributed by atoms with Gasteiger partial charge >= 0.3 is 6.18 Å². The number of hydrogen-bond acceptors (Lipinski definition) is 3. The van der Waals surface area contributed by atoms with Gasteiger partial charge in [-0.15, -0.1) is 0 Å². The summed E-state index contributed by atoms with van der Waals surface area (Å²) in [6.07, 6.45) is -4.55. The fraction of sp³-hybridized carbons (Fsp3) is 1.00. The van der Waals surface area contributed by atoms with Gasteiger partial charge in [-0.2, -0.15) is 13.2 Å². The van der Waals surface area contributed by atoms with E-state index in [4.69, 9.17) is 5.11 Å². The summed E-state index contributed by atoms with van der Waals surface area (Å²) in [5.74, 6) is 0. The largest absolute Gasteiger partial charge is 0.415 e. The van der Waals surface area contributed by atoms with Gasteiger partial charge in [0, 0.05) is 12.6 Å². The molecular weight excluding hydrogens is 223 g/mol. The fourth-order valence-corrected chi connectivity index (χ4v) is 2.02. The first-order valence-electron chi connectivity index (χ1n) is 5.43. The van der Waals surface area contributed by atoms with Crippen LogP contribution in [-0.4, -0.2) is 53.1 Å². The van der Waals surface area contributed by atoms with Crippen LogP contribution in [0.2, 0.25) is 0 Å². The third-order valence-electron chi connectivity index (χ3n) is 3.13. The molecule has 1 atom stereocenters. The van der Waals surface area contributed by atoms with Crippen LogP contribution in [0.5, 0.6) is 0 Å². The number of alkyl halides is 3. The molecule has 16 heavy (non-hydrogen) atoms. The first-order valence-corrected chi connectivity index (χ1v) is 5.43. The molecule has 0 saturated heterocycles. The maximum atomic E-state index is 12.1. The lowest BCUT2D eigenvalue weighted by Crippen LogP contribution is -2.45. The average Bonchev–Trinajstić information content (AvgIpc) is 2.17. The predicted molar refractivity (Wildman–Crippen MR) is 53.0 cm³/mol. The molecule has 0 spiro atoms. The van der Waals surface area contributed by atoms with Gasteiger partial charge in [0.15, 0.2) is 6.10 Å². The van der Waals surface area contributed by atoms with Crippen molar-refractivity contribution in [2.75, 3.05) is 13.6 Å². The highest BCUT2D eigenvalue weighted by Crippen LogP contribution is 2.25. The quantitative estimate of drug-likeness (QED) is 0.779. The van der Waals surface area contributed by atoms with E-state index >= 15 is 0 Å². The zero-order valence-electron chi connectivity index (χ0n) is 9.24. The highest BCUT2D eigenvalue weighted by molar-refractivity contribution is 4.80. The molecule has 1 aliphatic rings. The molecule has 0 aromatic heterocycles. The molecule has 1 rings (SSSR count). The van der Waals surface area contributed by atoms with Crippen LogP contribution in [0.4, 0.5) is 13.2 Å². The Labute approximate surface area is 92.9 Å². The molecule has 2 N–H and O–H groups in total. The normalized spacial score (nSPS) is 29.4. The van der Waals surface area contributed by atoms with Gasteiger partial charge < -0.3 is 15.1 Å². The first-order chi connectivity index (χ1) is 7.30. The second-order valence-electron chi connectivity index (χ2n) is 4.46. The molecule has 1 saturated carbocycles. The van der Waals surface area contributed by atoms with Crippen molar-refractivity contribution < 1.29 is 23.4 Å². The van der Waals surface area contributed by atoms with Crippen molar-refractivity contribution in [3.63, 3.8) is 0 Å². The lowest BCUT2D eigenvalue weighted by Gasteiger charge is -2.34. The van der Waals surface area contributed by atoms with Crippen LogP contribution < -0.4 is 0 Å². The molecule has 1 fully saturated rings. The molecule has 1 aliphatic carbocycles. The Kier molecular flexibility index (Phi) is 4.58. The second kappa shape index (κ2) is 5.33. The maximum absolute atomic E-state index is 12.1. The number of aliphatic hydroxyl groups is 2. The average molecular weight is 241 g/mol.